The van der Waals surface area contributed by atoms with Gasteiger partial charge in [0, 0.05) is 27.8 Å². The molecule has 2 rings (SSSR count). The van der Waals surface area contributed by atoms with Crippen molar-refractivity contribution in [3.8, 4) is 5.75 Å². The van der Waals surface area contributed by atoms with Crippen molar-refractivity contribution in [3.05, 3.63) is 62.2 Å². The van der Waals surface area contributed by atoms with Crippen molar-refractivity contribution in [2.45, 2.75) is 6.42 Å². The maximum atomic E-state index is 12.0. The van der Waals surface area contributed by atoms with Crippen molar-refractivity contribution in [3.63, 3.8) is 0 Å². The maximum absolute atomic E-state index is 12.0. The van der Waals surface area contributed by atoms with Crippen LogP contribution in [0.2, 0.25) is 5.02 Å². The summed E-state index contributed by atoms with van der Waals surface area (Å²) in [5.41, 5.74) is 0.947. The number of aromatic hydroxyl groups is 1. The highest BCUT2D eigenvalue weighted by Crippen LogP contribution is 2.19. The van der Waals surface area contributed by atoms with Crippen LogP contribution < -0.4 is 10.6 Å². The highest BCUT2D eigenvalue weighted by atomic mass is 127. The summed E-state index contributed by atoms with van der Waals surface area (Å²) < 4.78 is 0.820. The Morgan fingerprint density at radius 2 is 1.62 bits per heavy atom. The number of hydrogen-bond donors (Lipinski definition) is 3. The molecule has 0 aliphatic carbocycles. The number of carbonyl (C=O) groups is 2. The van der Waals surface area contributed by atoms with Crippen molar-refractivity contribution >= 4 is 46.0 Å². The number of hydrogen-bond acceptors (Lipinski definition) is 3. The molecule has 3 N–H and O–H groups in total. The molecule has 0 aromatic heterocycles. The summed E-state index contributed by atoms with van der Waals surface area (Å²) in [6, 6.07) is 11.2. The zero-order valence-electron chi connectivity index (χ0n) is 12.7. The summed E-state index contributed by atoms with van der Waals surface area (Å²) in [5, 5.41) is 15.5. The van der Waals surface area contributed by atoms with Gasteiger partial charge >= 0.3 is 0 Å². The van der Waals surface area contributed by atoms with Crippen LogP contribution in [-0.4, -0.2) is 30.0 Å². The van der Waals surface area contributed by atoms with Crippen LogP contribution in [0.15, 0.2) is 42.5 Å². The van der Waals surface area contributed by atoms with E-state index < -0.39 is 0 Å². The van der Waals surface area contributed by atoms with Crippen molar-refractivity contribution < 1.29 is 14.7 Å². The van der Waals surface area contributed by atoms with Gasteiger partial charge in [-0.1, -0.05) is 17.7 Å². The predicted octanol–water partition coefficient (Wildman–Crippen LogP) is 3.20. The molecule has 0 saturated heterocycles. The molecule has 0 fully saturated rings. The monoisotopic (exact) mass is 458 g/mol. The van der Waals surface area contributed by atoms with E-state index in [4.69, 9.17) is 11.6 Å². The number of rotatable bonds is 6. The molecule has 0 unspecified atom stereocenters. The first-order chi connectivity index (χ1) is 11.5. The first-order valence-corrected chi connectivity index (χ1v) is 8.73. The zero-order valence-corrected chi connectivity index (χ0v) is 15.6. The molecule has 5 nitrogen and oxygen atoms in total. The first-order valence-electron chi connectivity index (χ1n) is 7.28. The zero-order chi connectivity index (χ0) is 17.5. The number of carbonyl (C=O) groups excluding carboxylic acids is 2. The standard InChI is InChI=1S/C17H16ClIN2O3/c18-14-6-5-12(10-15(14)19)17(24)21-8-2-7-20-16(23)11-3-1-4-13(22)9-11/h1,3-6,9-10,22H,2,7-8H2,(H,20,23)(H,21,24). The molecule has 0 saturated carbocycles. The fraction of sp³-hybridized carbons (Fsp3) is 0.176. The van der Waals surface area contributed by atoms with Gasteiger partial charge in [0.25, 0.3) is 11.8 Å². The van der Waals surface area contributed by atoms with E-state index in [9.17, 15) is 14.7 Å². The van der Waals surface area contributed by atoms with Crippen LogP contribution in [0.25, 0.3) is 0 Å². The lowest BCUT2D eigenvalue weighted by atomic mass is 10.2. The van der Waals surface area contributed by atoms with E-state index in [1.165, 1.54) is 12.1 Å². The van der Waals surface area contributed by atoms with Crippen LogP contribution in [0.3, 0.4) is 0 Å². The molecular weight excluding hydrogens is 443 g/mol. The third-order valence-corrected chi connectivity index (χ3v) is 4.76. The van der Waals surface area contributed by atoms with Gasteiger partial charge in [0.1, 0.15) is 5.75 Å². The molecule has 7 heteroatoms. The Labute approximate surface area is 158 Å². The second-order valence-corrected chi connectivity index (χ2v) is 6.61. The van der Waals surface area contributed by atoms with E-state index in [1.54, 1.807) is 30.3 Å². The van der Waals surface area contributed by atoms with E-state index in [0.717, 1.165) is 3.57 Å². The van der Waals surface area contributed by atoms with Gasteiger partial charge in [-0.3, -0.25) is 9.59 Å². The molecule has 126 valence electrons. The first kappa shape index (κ1) is 18.5. The molecule has 2 aromatic carbocycles. The van der Waals surface area contributed by atoms with Crippen LogP contribution in [0.5, 0.6) is 5.75 Å². The summed E-state index contributed by atoms with van der Waals surface area (Å²) in [5.74, 6) is -0.388. The van der Waals surface area contributed by atoms with E-state index in [1.807, 2.05) is 0 Å². The largest absolute Gasteiger partial charge is 0.508 e. The minimum atomic E-state index is -0.260. The van der Waals surface area contributed by atoms with Crippen molar-refractivity contribution in [1.82, 2.24) is 10.6 Å². The highest BCUT2D eigenvalue weighted by molar-refractivity contribution is 14.1. The fourth-order valence-corrected chi connectivity index (χ4v) is 2.61. The summed E-state index contributed by atoms with van der Waals surface area (Å²) in [6.45, 7) is 0.866. The van der Waals surface area contributed by atoms with E-state index in [-0.39, 0.29) is 17.6 Å². The number of phenols is 1. The van der Waals surface area contributed by atoms with Gasteiger partial charge in [-0.05, 0) is 65.4 Å². The summed E-state index contributed by atoms with van der Waals surface area (Å²) in [7, 11) is 0. The van der Waals surface area contributed by atoms with Crippen LogP contribution in [0, 0.1) is 3.57 Å². The van der Waals surface area contributed by atoms with Crippen molar-refractivity contribution in [1.29, 1.82) is 0 Å². The number of benzene rings is 2. The van der Waals surface area contributed by atoms with Gasteiger partial charge in [0.2, 0.25) is 0 Å². The second kappa shape index (κ2) is 8.89. The average molecular weight is 459 g/mol. The van der Waals surface area contributed by atoms with Crippen LogP contribution in [0.1, 0.15) is 27.1 Å². The Morgan fingerprint density at radius 3 is 2.21 bits per heavy atom. The Kier molecular flexibility index (Phi) is 6.86. The molecule has 2 aromatic rings. The molecule has 0 spiro atoms. The lowest BCUT2D eigenvalue weighted by molar-refractivity contribution is 0.0951. The Balaban J connectivity index is 1.72. The third-order valence-electron chi connectivity index (χ3n) is 3.21. The summed E-state index contributed by atoms with van der Waals surface area (Å²) >= 11 is 8.00. The lowest BCUT2D eigenvalue weighted by Crippen LogP contribution is -2.29. The SMILES string of the molecule is O=C(NCCCNC(=O)c1ccc(Cl)c(I)c1)c1cccc(O)c1. The summed E-state index contributed by atoms with van der Waals surface area (Å²) in [6.07, 6.45) is 0.598. The van der Waals surface area contributed by atoms with Crippen LogP contribution >= 0.6 is 34.2 Å². The number of phenolic OH excluding ortho intramolecular Hbond substituents is 1. The second-order valence-electron chi connectivity index (χ2n) is 5.04. The number of amides is 2. The Bertz CT molecular complexity index is 752. The quantitative estimate of drug-likeness (QED) is 0.459. The molecule has 0 atom stereocenters. The van der Waals surface area contributed by atoms with Gasteiger partial charge in [-0.15, -0.1) is 0 Å². The third kappa shape index (κ3) is 5.38. The molecular formula is C17H16ClIN2O3. The minimum Gasteiger partial charge on any atom is -0.508 e. The Morgan fingerprint density at radius 1 is 1.00 bits per heavy atom. The lowest BCUT2D eigenvalue weighted by Gasteiger charge is -2.08. The van der Waals surface area contributed by atoms with Gasteiger partial charge in [-0.25, -0.2) is 0 Å². The smallest absolute Gasteiger partial charge is 0.251 e. The molecule has 0 bridgehead atoms. The van der Waals surface area contributed by atoms with Crippen LogP contribution in [-0.2, 0) is 0 Å². The number of nitrogens with one attached hydrogen (secondary N) is 2. The predicted molar refractivity (Wildman–Crippen MR) is 102 cm³/mol. The number of halogens is 2. The fourth-order valence-electron chi connectivity index (χ4n) is 1.98. The topological polar surface area (TPSA) is 78.4 Å². The molecule has 24 heavy (non-hydrogen) atoms. The molecule has 0 radical (unpaired) electrons. The van der Waals surface area contributed by atoms with Gasteiger partial charge in [0.05, 0.1) is 5.02 Å². The van der Waals surface area contributed by atoms with Gasteiger partial charge < -0.3 is 15.7 Å². The maximum Gasteiger partial charge on any atom is 0.251 e. The van der Waals surface area contributed by atoms with Crippen molar-refractivity contribution in [2.24, 2.45) is 0 Å². The summed E-state index contributed by atoms with van der Waals surface area (Å²) in [4.78, 5) is 23.9. The molecule has 2 amide bonds. The highest BCUT2D eigenvalue weighted by Gasteiger charge is 2.08. The molecule has 0 aliphatic heterocycles. The van der Waals surface area contributed by atoms with E-state index >= 15 is 0 Å². The normalized spacial score (nSPS) is 10.2. The average Bonchev–Trinajstić information content (AvgIpc) is 2.56. The van der Waals surface area contributed by atoms with Gasteiger partial charge in [0.15, 0.2) is 0 Å². The van der Waals surface area contributed by atoms with Gasteiger partial charge in [-0.2, -0.15) is 0 Å². The molecule has 0 heterocycles. The minimum absolute atomic E-state index is 0.0486. The van der Waals surface area contributed by atoms with E-state index in [0.29, 0.717) is 35.7 Å². The Hall–Kier alpha value is -1.80. The van der Waals surface area contributed by atoms with E-state index in [2.05, 4.69) is 33.2 Å². The molecule has 0 aliphatic rings. The van der Waals surface area contributed by atoms with Crippen LogP contribution in [0.4, 0.5) is 0 Å². The van der Waals surface area contributed by atoms with Crippen molar-refractivity contribution in [2.75, 3.05) is 13.1 Å².